The average Bonchev–Trinajstić information content (AvgIpc) is 2.22. The van der Waals surface area contributed by atoms with Gasteiger partial charge in [-0.2, -0.15) is 0 Å². The summed E-state index contributed by atoms with van der Waals surface area (Å²) in [6.45, 7) is -0.129. The molecule has 1 rings (SSSR count). The highest BCUT2D eigenvalue weighted by Crippen LogP contribution is 2.14. The van der Waals surface area contributed by atoms with Gasteiger partial charge in [0, 0.05) is 6.42 Å². The molecule has 15 heavy (non-hydrogen) atoms. The first kappa shape index (κ1) is 11.3. The second kappa shape index (κ2) is 5.23. The van der Waals surface area contributed by atoms with E-state index in [1.54, 1.807) is 0 Å². The van der Waals surface area contributed by atoms with Crippen LogP contribution in [-0.2, 0) is 0 Å². The highest BCUT2D eigenvalue weighted by Gasteiger charge is 2.10. The van der Waals surface area contributed by atoms with Gasteiger partial charge in [-0.3, -0.25) is 4.79 Å². The topological polar surface area (TPSA) is 37.3 Å². The molecule has 0 bridgehead atoms. The van der Waals surface area contributed by atoms with Gasteiger partial charge in [0.05, 0.1) is 17.7 Å². The fourth-order valence-electron chi connectivity index (χ4n) is 0.988. The summed E-state index contributed by atoms with van der Waals surface area (Å²) in [5.41, 5.74) is -0.669. The molecule has 0 radical (unpaired) electrons. The van der Waals surface area contributed by atoms with Crippen molar-refractivity contribution in [3.05, 3.63) is 34.9 Å². The lowest BCUT2D eigenvalue weighted by atomic mass is 10.1. The van der Waals surface area contributed by atoms with E-state index < -0.39 is 17.2 Å². The van der Waals surface area contributed by atoms with Gasteiger partial charge >= 0.3 is 0 Å². The number of hydrogen-bond donors (Lipinski definition) is 1. The molecule has 0 aliphatic rings. The number of benzene rings is 1. The van der Waals surface area contributed by atoms with Crippen LogP contribution >= 0.6 is 0 Å². The van der Waals surface area contributed by atoms with Gasteiger partial charge < -0.3 is 5.11 Å². The molecule has 0 atom stereocenters. The molecule has 0 saturated carbocycles. The molecule has 0 heterocycles. The Labute approximate surface area is 85.5 Å². The number of carbonyl (C=O) groups is 1. The lowest BCUT2D eigenvalue weighted by Crippen LogP contribution is -1.96. The first-order valence-electron chi connectivity index (χ1n) is 4.23. The van der Waals surface area contributed by atoms with Gasteiger partial charge in [-0.1, -0.05) is 11.8 Å². The number of hydrogen-bond acceptors (Lipinski definition) is 2. The van der Waals surface area contributed by atoms with E-state index >= 15 is 0 Å². The van der Waals surface area contributed by atoms with E-state index in [9.17, 15) is 13.6 Å². The second-order valence-electron chi connectivity index (χ2n) is 2.72. The zero-order valence-corrected chi connectivity index (χ0v) is 7.76. The van der Waals surface area contributed by atoms with Crippen LogP contribution in [0.1, 0.15) is 22.3 Å². The van der Waals surface area contributed by atoms with Gasteiger partial charge in [0.2, 0.25) is 0 Å². The Morgan fingerprint density at radius 1 is 1.40 bits per heavy atom. The molecule has 0 saturated heterocycles. The van der Waals surface area contributed by atoms with E-state index in [0.29, 0.717) is 0 Å². The Hall–Kier alpha value is -1.73. The molecule has 0 aromatic heterocycles. The highest BCUT2D eigenvalue weighted by atomic mass is 19.1. The molecule has 1 aromatic rings. The maximum absolute atomic E-state index is 13.3. The SMILES string of the molecule is O=Cc1c(F)ccc(C#CCCO)c1F. The lowest BCUT2D eigenvalue weighted by molar-refractivity contribution is 0.111. The molecule has 0 aliphatic heterocycles. The smallest absolute Gasteiger partial charge is 0.156 e. The highest BCUT2D eigenvalue weighted by molar-refractivity contribution is 5.76. The fraction of sp³-hybridized carbons (Fsp3) is 0.182. The molecule has 1 aromatic carbocycles. The van der Waals surface area contributed by atoms with Crippen LogP contribution < -0.4 is 0 Å². The molecule has 4 heteroatoms. The zero-order valence-electron chi connectivity index (χ0n) is 7.76. The van der Waals surface area contributed by atoms with Crippen LogP contribution in [-0.4, -0.2) is 18.0 Å². The third kappa shape index (κ3) is 2.61. The van der Waals surface area contributed by atoms with Crippen molar-refractivity contribution in [2.75, 3.05) is 6.61 Å². The zero-order chi connectivity index (χ0) is 11.3. The quantitative estimate of drug-likeness (QED) is 0.593. The van der Waals surface area contributed by atoms with E-state index in [2.05, 4.69) is 11.8 Å². The minimum Gasteiger partial charge on any atom is -0.395 e. The molecule has 0 fully saturated rings. The molecule has 0 spiro atoms. The predicted octanol–water partition coefficient (Wildman–Crippen LogP) is 1.51. The number of aliphatic hydroxyl groups excluding tert-OH is 1. The Kier molecular flexibility index (Phi) is 3.95. The second-order valence-corrected chi connectivity index (χ2v) is 2.72. The maximum Gasteiger partial charge on any atom is 0.156 e. The van der Waals surface area contributed by atoms with Gasteiger partial charge in [0.1, 0.15) is 5.82 Å². The van der Waals surface area contributed by atoms with Crippen LogP contribution in [0.5, 0.6) is 0 Å². The average molecular weight is 210 g/mol. The summed E-state index contributed by atoms with van der Waals surface area (Å²) in [7, 11) is 0. The molecule has 1 N–H and O–H groups in total. The largest absolute Gasteiger partial charge is 0.395 e. The van der Waals surface area contributed by atoms with E-state index in [1.165, 1.54) is 0 Å². The summed E-state index contributed by atoms with van der Waals surface area (Å²) in [5, 5.41) is 8.45. The Morgan fingerprint density at radius 2 is 2.13 bits per heavy atom. The van der Waals surface area contributed by atoms with E-state index in [0.717, 1.165) is 12.1 Å². The molecule has 0 amide bonds. The molecule has 0 aliphatic carbocycles. The minimum absolute atomic E-state index is 0.0491. The number of halogens is 2. The van der Waals surface area contributed by atoms with E-state index in [-0.39, 0.29) is 24.9 Å². The third-order valence-corrected chi connectivity index (χ3v) is 1.70. The van der Waals surface area contributed by atoms with Crippen molar-refractivity contribution in [2.24, 2.45) is 0 Å². The van der Waals surface area contributed by atoms with Gasteiger partial charge in [-0.05, 0) is 12.1 Å². The molecule has 0 unspecified atom stereocenters. The summed E-state index contributed by atoms with van der Waals surface area (Å²) in [4.78, 5) is 10.4. The van der Waals surface area contributed by atoms with Crippen LogP contribution in [0.3, 0.4) is 0 Å². The first-order valence-corrected chi connectivity index (χ1v) is 4.23. The van der Waals surface area contributed by atoms with Crippen LogP contribution in [0.4, 0.5) is 8.78 Å². The number of aldehydes is 1. The molecule has 2 nitrogen and oxygen atoms in total. The summed E-state index contributed by atoms with van der Waals surface area (Å²) >= 11 is 0. The van der Waals surface area contributed by atoms with Gasteiger partial charge in [0.15, 0.2) is 12.1 Å². The van der Waals surface area contributed by atoms with E-state index in [1.807, 2.05) is 0 Å². The predicted molar refractivity (Wildman–Crippen MR) is 50.3 cm³/mol. The van der Waals surface area contributed by atoms with Crippen molar-refractivity contribution in [2.45, 2.75) is 6.42 Å². The maximum atomic E-state index is 13.3. The number of aliphatic hydroxyl groups is 1. The lowest BCUT2D eigenvalue weighted by Gasteiger charge is -1.98. The van der Waals surface area contributed by atoms with Gasteiger partial charge in [0.25, 0.3) is 0 Å². The van der Waals surface area contributed by atoms with E-state index in [4.69, 9.17) is 5.11 Å². The number of carbonyl (C=O) groups excluding carboxylic acids is 1. The van der Waals surface area contributed by atoms with Gasteiger partial charge in [-0.25, -0.2) is 8.78 Å². The Bertz CT molecular complexity index is 430. The van der Waals surface area contributed by atoms with Crippen molar-refractivity contribution in [1.29, 1.82) is 0 Å². The molecular weight excluding hydrogens is 202 g/mol. The summed E-state index contributed by atoms with van der Waals surface area (Å²) in [6, 6.07) is 2.14. The minimum atomic E-state index is -0.963. The summed E-state index contributed by atoms with van der Waals surface area (Å²) in [5.74, 6) is 3.02. The van der Waals surface area contributed by atoms with Crippen molar-refractivity contribution in [3.63, 3.8) is 0 Å². The summed E-state index contributed by atoms with van der Waals surface area (Å²) < 4.78 is 26.2. The van der Waals surface area contributed by atoms with Gasteiger partial charge in [-0.15, -0.1) is 0 Å². The van der Waals surface area contributed by atoms with Crippen LogP contribution in [0.2, 0.25) is 0 Å². The summed E-state index contributed by atoms with van der Waals surface area (Å²) in [6.07, 6.45) is 0.315. The Balaban J connectivity index is 3.12. The molecular formula is C11H8F2O2. The molecule has 78 valence electrons. The van der Waals surface area contributed by atoms with Crippen LogP contribution in [0.15, 0.2) is 12.1 Å². The van der Waals surface area contributed by atoms with Crippen molar-refractivity contribution in [3.8, 4) is 11.8 Å². The monoisotopic (exact) mass is 210 g/mol. The van der Waals surface area contributed by atoms with Crippen LogP contribution in [0.25, 0.3) is 0 Å². The standard InChI is InChI=1S/C11H8F2O2/c12-10-5-4-8(3-1-2-6-14)11(13)9(10)7-15/h4-5,7,14H,2,6H2. The van der Waals surface area contributed by atoms with Crippen molar-refractivity contribution >= 4 is 6.29 Å². The fourth-order valence-corrected chi connectivity index (χ4v) is 0.988. The van der Waals surface area contributed by atoms with Crippen molar-refractivity contribution < 1.29 is 18.7 Å². The van der Waals surface area contributed by atoms with Crippen molar-refractivity contribution in [1.82, 2.24) is 0 Å². The Morgan fingerprint density at radius 3 is 2.73 bits per heavy atom. The van der Waals surface area contributed by atoms with Crippen LogP contribution in [0, 0.1) is 23.5 Å². The number of rotatable bonds is 2. The third-order valence-electron chi connectivity index (χ3n) is 1.70. The normalized spacial score (nSPS) is 9.27. The first-order chi connectivity index (χ1) is 7.20.